The van der Waals surface area contributed by atoms with Crippen LogP contribution in [0.1, 0.15) is 75.2 Å². The molecule has 0 N–H and O–H groups in total. The lowest BCUT2D eigenvalue weighted by Gasteiger charge is -2.56. The van der Waals surface area contributed by atoms with Crippen molar-refractivity contribution in [3.8, 4) is 0 Å². The lowest BCUT2D eigenvalue weighted by Crippen LogP contribution is -2.49. The van der Waals surface area contributed by atoms with Gasteiger partial charge < -0.3 is 0 Å². The van der Waals surface area contributed by atoms with Crippen LogP contribution in [0.15, 0.2) is 0 Å². The highest BCUT2D eigenvalue weighted by Crippen LogP contribution is 2.57. The zero-order chi connectivity index (χ0) is 12.5. The van der Waals surface area contributed by atoms with E-state index in [0.717, 1.165) is 5.92 Å². The van der Waals surface area contributed by atoms with Crippen molar-refractivity contribution < 1.29 is 0 Å². The van der Waals surface area contributed by atoms with Gasteiger partial charge in [0.1, 0.15) is 0 Å². The number of hydrogen-bond donors (Lipinski definition) is 0. The maximum atomic E-state index is 2.48. The highest BCUT2D eigenvalue weighted by molar-refractivity contribution is 4.98. The molecule has 1 atom stereocenters. The fraction of sp³-hybridized carbons (Fsp3) is 1.00. The first-order chi connectivity index (χ1) is 6.50. The van der Waals surface area contributed by atoms with Crippen molar-refractivity contribution >= 4 is 0 Å². The summed E-state index contributed by atoms with van der Waals surface area (Å²) in [5, 5.41) is 0. The van der Waals surface area contributed by atoms with E-state index in [2.05, 4.69) is 62.3 Å². The van der Waals surface area contributed by atoms with E-state index in [1.165, 1.54) is 12.8 Å². The maximum Gasteiger partial charge on any atom is -0.0203 e. The first-order valence-corrected chi connectivity index (χ1v) is 6.50. The van der Waals surface area contributed by atoms with Crippen LogP contribution in [-0.4, -0.2) is 0 Å². The maximum absolute atomic E-state index is 2.48. The molecule has 0 radical (unpaired) electrons. The zero-order valence-electron chi connectivity index (χ0n) is 12.5. The van der Waals surface area contributed by atoms with Gasteiger partial charge in [-0.15, -0.1) is 0 Å². The van der Waals surface area contributed by atoms with Crippen molar-refractivity contribution in [3.63, 3.8) is 0 Å². The van der Waals surface area contributed by atoms with E-state index in [9.17, 15) is 0 Å². The molecule has 0 amide bonds. The van der Waals surface area contributed by atoms with E-state index >= 15 is 0 Å². The minimum absolute atomic E-state index is 0.361. The minimum atomic E-state index is 0.361. The largest absolute Gasteiger partial charge is 0.0654 e. The Morgan fingerprint density at radius 1 is 0.867 bits per heavy atom. The predicted octanol–water partition coefficient (Wildman–Crippen LogP) is 5.52. The molecule has 0 aromatic rings. The van der Waals surface area contributed by atoms with Crippen molar-refractivity contribution in [1.82, 2.24) is 0 Å². The van der Waals surface area contributed by atoms with Crippen LogP contribution in [0.25, 0.3) is 0 Å². The quantitative estimate of drug-likeness (QED) is 0.575. The lowest BCUT2D eigenvalue weighted by molar-refractivity contribution is -0.0716. The van der Waals surface area contributed by atoms with E-state index in [0.29, 0.717) is 16.2 Å². The molecule has 0 aliphatic rings. The Hall–Kier alpha value is 0. The molecule has 0 aromatic carbocycles. The molecule has 0 bridgehead atoms. The summed E-state index contributed by atoms with van der Waals surface area (Å²) in [4.78, 5) is 0. The van der Waals surface area contributed by atoms with Gasteiger partial charge in [-0.2, -0.15) is 0 Å². The first-order valence-electron chi connectivity index (χ1n) is 6.50. The summed E-state index contributed by atoms with van der Waals surface area (Å²) in [6, 6.07) is 0. The van der Waals surface area contributed by atoms with Gasteiger partial charge in [0.2, 0.25) is 0 Å². The van der Waals surface area contributed by atoms with E-state index in [-0.39, 0.29) is 0 Å². The van der Waals surface area contributed by atoms with Crippen LogP contribution in [0.5, 0.6) is 0 Å². The molecule has 0 nitrogen and oxygen atoms in total. The normalized spacial score (nSPS) is 18.0. The molecule has 0 rings (SSSR count). The van der Waals surface area contributed by atoms with Gasteiger partial charge in [-0.05, 0) is 28.6 Å². The van der Waals surface area contributed by atoms with Crippen LogP contribution >= 0.6 is 0 Å². The molecular formula is C15H32. The average Bonchev–Trinajstić information content (AvgIpc) is 1.99. The molecule has 0 aliphatic heterocycles. The average molecular weight is 212 g/mol. The van der Waals surface area contributed by atoms with E-state index < -0.39 is 0 Å². The van der Waals surface area contributed by atoms with Gasteiger partial charge in [-0.25, -0.2) is 0 Å². The molecular weight excluding hydrogens is 180 g/mol. The monoisotopic (exact) mass is 212 g/mol. The first kappa shape index (κ1) is 15.0. The summed E-state index contributed by atoms with van der Waals surface area (Å²) in [6.07, 6.45) is 2.60. The Morgan fingerprint density at radius 3 is 1.47 bits per heavy atom. The van der Waals surface area contributed by atoms with Gasteiger partial charge in [-0.1, -0.05) is 68.7 Å². The Labute approximate surface area is 97.8 Å². The van der Waals surface area contributed by atoms with Crippen LogP contribution in [0, 0.1) is 22.2 Å². The SMILES string of the molecule is CCCC(C)(C)C(C)(C(C)C)C(C)(C)C. The van der Waals surface area contributed by atoms with E-state index in [4.69, 9.17) is 0 Å². The smallest absolute Gasteiger partial charge is 0.0203 e. The molecule has 0 heterocycles. The molecule has 0 saturated carbocycles. The summed E-state index contributed by atoms with van der Waals surface area (Å²) in [7, 11) is 0. The summed E-state index contributed by atoms with van der Waals surface area (Å²) >= 11 is 0. The Bertz CT molecular complexity index is 193. The second-order valence-corrected chi connectivity index (χ2v) is 7.24. The van der Waals surface area contributed by atoms with Crippen molar-refractivity contribution in [2.75, 3.05) is 0 Å². The summed E-state index contributed by atoms with van der Waals surface area (Å²) < 4.78 is 0. The Morgan fingerprint density at radius 2 is 1.27 bits per heavy atom. The van der Waals surface area contributed by atoms with Gasteiger partial charge in [0.15, 0.2) is 0 Å². The summed E-state index contributed by atoms with van der Waals surface area (Å²) in [5.41, 5.74) is 1.16. The molecule has 0 aliphatic carbocycles. The van der Waals surface area contributed by atoms with Gasteiger partial charge in [0, 0.05) is 0 Å². The van der Waals surface area contributed by atoms with Gasteiger partial charge in [-0.3, -0.25) is 0 Å². The van der Waals surface area contributed by atoms with E-state index in [1.807, 2.05) is 0 Å². The highest BCUT2D eigenvalue weighted by atomic mass is 14.5. The van der Waals surface area contributed by atoms with Crippen LogP contribution in [0.2, 0.25) is 0 Å². The summed E-state index contributed by atoms with van der Waals surface area (Å²) in [5.74, 6) is 0.721. The lowest BCUT2D eigenvalue weighted by atomic mass is 9.49. The second kappa shape index (κ2) is 4.47. The van der Waals surface area contributed by atoms with Crippen LogP contribution in [0.4, 0.5) is 0 Å². The molecule has 0 spiro atoms. The molecule has 0 heteroatoms. The third-order valence-electron chi connectivity index (χ3n) is 4.99. The summed E-state index contributed by atoms with van der Waals surface area (Å²) in [6.45, 7) is 21.6. The Kier molecular flexibility index (Phi) is 4.47. The topological polar surface area (TPSA) is 0 Å². The molecule has 0 aromatic heterocycles. The van der Waals surface area contributed by atoms with Crippen LogP contribution in [-0.2, 0) is 0 Å². The van der Waals surface area contributed by atoms with Gasteiger partial charge >= 0.3 is 0 Å². The van der Waals surface area contributed by atoms with Crippen molar-refractivity contribution in [2.45, 2.75) is 75.2 Å². The van der Waals surface area contributed by atoms with Gasteiger partial charge in [0.05, 0.1) is 0 Å². The highest BCUT2D eigenvalue weighted by Gasteiger charge is 2.50. The fourth-order valence-electron chi connectivity index (χ4n) is 3.55. The molecule has 1 unspecified atom stereocenters. The number of hydrogen-bond acceptors (Lipinski definition) is 0. The van der Waals surface area contributed by atoms with Crippen molar-refractivity contribution in [1.29, 1.82) is 0 Å². The van der Waals surface area contributed by atoms with Crippen LogP contribution < -0.4 is 0 Å². The number of rotatable bonds is 4. The standard InChI is InChI=1S/C15H32/c1-10-11-14(7,8)15(9,12(2)3)13(4,5)6/h12H,10-11H2,1-9H3. The Balaban J connectivity index is 5.30. The minimum Gasteiger partial charge on any atom is -0.0654 e. The fourth-order valence-corrected chi connectivity index (χ4v) is 3.55. The second-order valence-electron chi connectivity index (χ2n) is 7.24. The van der Waals surface area contributed by atoms with Crippen molar-refractivity contribution in [3.05, 3.63) is 0 Å². The molecule has 0 fully saturated rings. The predicted molar refractivity (Wildman–Crippen MR) is 71.1 cm³/mol. The van der Waals surface area contributed by atoms with E-state index in [1.54, 1.807) is 0 Å². The molecule has 15 heavy (non-hydrogen) atoms. The van der Waals surface area contributed by atoms with Gasteiger partial charge in [0.25, 0.3) is 0 Å². The van der Waals surface area contributed by atoms with Crippen LogP contribution in [0.3, 0.4) is 0 Å². The third-order valence-corrected chi connectivity index (χ3v) is 4.99. The molecule has 0 saturated heterocycles. The third kappa shape index (κ3) is 2.57. The zero-order valence-corrected chi connectivity index (χ0v) is 12.5. The van der Waals surface area contributed by atoms with Crippen molar-refractivity contribution in [2.24, 2.45) is 22.2 Å². The molecule has 92 valence electrons.